The van der Waals surface area contributed by atoms with E-state index >= 15 is 0 Å². The zero-order valence-electron chi connectivity index (χ0n) is 10.8. The molecule has 4 nitrogen and oxygen atoms in total. The lowest BCUT2D eigenvalue weighted by atomic mass is 10.1. The second-order valence-electron chi connectivity index (χ2n) is 4.60. The molecule has 0 saturated carbocycles. The highest BCUT2D eigenvalue weighted by Gasteiger charge is 2.11. The lowest BCUT2D eigenvalue weighted by Gasteiger charge is -2.04. The normalized spacial score (nSPS) is 11.1. The van der Waals surface area contributed by atoms with Gasteiger partial charge in [-0.2, -0.15) is 9.36 Å². The molecule has 0 atom stereocenters. The van der Waals surface area contributed by atoms with Gasteiger partial charge in [-0.3, -0.25) is 4.98 Å². The van der Waals surface area contributed by atoms with Gasteiger partial charge in [0.1, 0.15) is 5.69 Å². The summed E-state index contributed by atoms with van der Waals surface area (Å²) in [5.41, 5.74) is 0.839. The number of fused-ring (bicyclic) bond motifs is 1. The number of anilines is 1. The van der Waals surface area contributed by atoms with Gasteiger partial charge in [0, 0.05) is 29.2 Å². The first kappa shape index (κ1) is 12.0. The standard InChI is InChI=1S/C14H14N4S/c1-9(2)16-14-17-13(18-19-14)12-11-6-4-3-5-10(11)7-8-15-12/h3-9H,1-2H3,(H,16,17,18). The summed E-state index contributed by atoms with van der Waals surface area (Å²) in [6, 6.07) is 10.5. The molecule has 0 unspecified atom stereocenters. The Labute approximate surface area is 115 Å². The lowest BCUT2D eigenvalue weighted by molar-refractivity contribution is 0.896. The molecule has 0 aliphatic carbocycles. The molecule has 0 aliphatic heterocycles. The van der Waals surface area contributed by atoms with Crippen molar-refractivity contribution in [2.75, 3.05) is 5.32 Å². The van der Waals surface area contributed by atoms with Crippen molar-refractivity contribution < 1.29 is 0 Å². The number of pyridine rings is 1. The molecule has 1 aromatic carbocycles. The van der Waals surface area contributed by atoms with Gasteiger partial charge in [0.25, 0.3) is 0 Å². The van der Waals surface area contributed by atoms with Gasteiger partial charge in [0.15, 0.2) is 5.82 Å². The van der Waals surface area contributed by atoms with Gasteiger partial charge in [-0.1, -0.05) is 24.3 Å². The Morgan fingerprint density at radius 2 is 2.00 bits per heavy atom. The summed E-state index contributed by atoms with van der Waals surface area (Å²) < 4.78 is 4.40. The van der Waals surface area contributed by atoms with Crippen LogP contribution in [0.4, 0.5) is 5.13 Å². The van der Waals surface area contributed by atoms with Crippen molar-refractivity contribution in [2.24, 2.45) is 0 Å². The van der Waals surface area contributed by atoms with Crippen LogP contribution in [0.5, 0.6) is 0 Å². The molecule has 3 rings (SSSR count). The third-order valence-electron chi connectivity index (χ3n) is 2.72. The van der Waals surface area contributed by atoms with Crippen molar-refractivity contribution in [2.45, 2.75) is 19.9 Å². The minimum absolute atomic E-state index is 0.348. The van der Waals surface area contributed by atoms with Gasteiger partial charge in [-0.05, 0) is 25.3 Å². The van der Waals surface area contributed by atoms with E-state index in [2.05, 4.69) is 39.6 Å². The fourth-order valence-electron chi connectivity index (χ4n) is 1.92. The molecule has 19 heavy (non-hydrogen) atoms. The molecular formula is C14H14N4S. The molecule has 5 heteroatoms. The monoisotopic (exact) mass is 270 g/mol. The molecule has 0 spiro atoms. The molecule has 0 fully saturated rings. The zero-order chi connectivity index (χ0) is 13.2. The Kier molecular flexibility index (Phi) is 3.13. The molecule has 96 valence electrons. The first-order valence-corrected chi connectivity index (χ1v) is 6.96. The van der Waals surface area contributed by atoms with Crippen LogP contribution < -0.4 is 5.32 Å². The molecule has 3 aromatic rings. The maximum atomic E-state index is 4.50. The first-order valence-electron chi connectivity index (χ1n) is 6.18. The van der Waals surface area contributed by atoms with Crippen LogP contribution >= 0.6 is 11.5 Å². The number of benzene rings is 1. The summed E-state index contributed by atoms with van der Waals surface area (Å²) in [7, 11) is 0. The van der Waals surface area contributed by atoms with Crippen molar-refractivity contribution in [3.05, 3.63) is 36.5 Å². The van der Waals surface area contributed by atoms with Crippen molar-refractivity contribution in [3.63, 3.8) is 0 Å². The number of rotatable bonds is 3. The first-order chi connectivity index (χ1) is 9.24. The molecular weight excluding hydrogens is 256 g/mol. The van der Waals surface area contributed by atoms with Crippen LogP contribution in [0.15, 0.2) is 36.5 Å². The second-order valence-corrected chi connectivity index (χ2v) is 5.35. The quantitative estimate of drug-likeness (QED) is 0.790. The maximum absolute atomic E-state index is 4.50. The summed E-state index contributed by atoms with van der Waals surface area (Å²) in [6.07, 6.45) is 1.80. The Bertz CT molecular complexity index is 700. The van der Waals surface area contributed by atoms with Crippen LogP contribution in [0, 0.1) is 0 Å². The number of nitrogens with zero attached hydrogens (tertiary/aromatic N) is 3. The van der Waals surface area contributed by atoms with E-state index in [0.29, 0.717) is 11.9 Å². The average molecular weight is 270 g/mol. The van der Waals surface area contributed by atoms with Crippen LogP contribution in [0.2, 0.25) is 0 Å². The molecule has 0 saturated heterocycles. The molecule has 2 aromatic heterocycles. The highest BCUT2D eigenvalue weighted by molar-refractivity contribution is 7.09. The summed E-state index contributed by atoms with van der Waals surface area (Å²) in [5.74, 6) is 0.685. The third kappa shape index (κ3) is 2.42. The predicted octanol–water partition coefficient (Wildman–Crippen LogP) is 3.57. The molecule has 1 N–H and O–H groups in total. The van der Waals surface area contributed by atoms with E-state index in [1.165, 1.54) is 11.5 Å². The van der Waals surface area contributed by atoms with Gasteiger partial charge in [-0.25, -0.2) is 0 Å². The summed E-state index contributed by atoms with van der Waals surface area (Å²) in [5, 5.41) is 6.33. The van der Waals surface area contributed by atoms with Gasteiger partial charge in [-0.15, -0.1) is 0 Å². The third-order valence-corrected chi connectivity index (χ3v) is 3.37. The Morgan fingerprint density at radius 1 is 1.16 bits per heavy atom. The predicted molar refractivity (Wildman–Crippen MR) is 79.4 cm³/mol. The van der Waals surface area contributed by atoms with Gasteiger partial charge >= 0.3 is 0 Å². The van der Waals surface area contributed by atoms with Crippen LogP contribution in [0.1, 0.15) is 13.8 Å². The van der Waals surface area contributed by atoms with Crippen LogP contribution in [-0.2, 0) is 0 Å². The van der Waals surface area contributed by atoms with Crippen LogP contribution in [0.25, 0.3) is 22.3 Å². The fraction of sp³-hybridized carbons (Fsp3) is 0.214. The Balaban J connectivity index is 2.06. The smallest absolute Gasteiger partial charge is 0.203 e. The average Bonchev–Trinajstić information content (AvgIpc) is 2.85. The van der Waals surface area contributed by atoms with E-state index in [4.69, 9.17) is 0 Å². The largest absolute Gasteiger partial charge is 0.358 e. The van der Waals surface area contributed by atoms with E-state index in [-0.39, 0.29) is 0 Å². The number of nitrogens with one attached hydrogen (secondary N) is 1. The van der Waals surface area contributed by atoms with E-state index in [1.54, 1.807) is 6.20 Å². The van der Waals surface area contributed by atoms with Crippen molar-refractivity contribution in [1.82, 2.24) is 14.3 Å². The number of hydrogen-bond donors (Lipinski definition) is 1. The van der Waals surface area contributed by atoms with Gasteiger partial charge in [0.05, 0.1) is 0 Å². The van der Waals surface area contributed by atoms with E-state index in [1.807, 2.05) is 24.3 Å². The van der Waals surface area contributed by atoms with Gasteiger partial charge < -0.3 is 5.32 Å². The summed E-state index contributed by atoms with van der Waals surface area (Å²) in [4.78, 5) is 8.93. The zero-order valence-corrected chi connectivity index (χ0v) is 11.6. The summed E-state index contributed by atoms with van der Waals surface area (Å²) >= 11 is 1.37. The molecule has 2 heterocycles. The highest BCUT2D eigenvalue weighted by atomic mass is 32.1. The minimum Gasteiger partial charge on any atom is -0.358 e. The molecule has 0 aliphatic rings. The topological polar surface area (TPSA) is 50.7 Å². The fourth-order valence-corrected chi connectivity index (χ4v) is 2.64. The van der Waals surface area contributed by atoms with E-state index in [9.17, 15) is 0 Å². The second kappa shape index (κ2) is 4.93. The Morgan fingerprint density at radius 3 is 2.84 bits per heavy atom. The van der Waals surface area contributed by atoms with E-state index in [0.717, 1.165) is 21.6 Å². The van der Waals surface area contributed by atoms with Crippen LogP contribution in [0.3, 0.4) is 0 Å². The highest BCUT2D eigenvalue weighted by Crippen LogP contribution is 2.26. The Hall–Kier alpha value is -2.01. The van der Waals surface area contributed by atoms with Crippen molar-refractivity contribution in [3.8, 4) is 11.5 Å². The molecule has 0 bridgehead atoms. The number of hydrogen-bond acceptors (Lipinski definition) is 5. The maximum Gasteiger partial charge on any atom is 0.203 e. The van der Waals surface area contributed by atoms with Crippen molar-refractivity contribution >= 4 is 27.4 Å². The minimum atomic E-state index is 0.348. The lowest BCUT2D eigenvalue weighted by Crippen LogP contribution is -2.09. The van der Waals surface area contributed by atoms with Crippen LogP contribution in [-0.4, -0.2) is 20.4 Å². The number of aromatic nitrogens is 3. The van der Waals surface area contributed by atoms with Gasteiger partial charge in [0.2, 0.25) is 5.13 Å². The van der Waals surface area contributed by atoms with E-state index < -0.39 is 0 Å². The van der Waals surface area contributed by atoms with Crippen molar-refractivity contribution in [1.29, 1.82) is 0 Å². The summed E-state index contributed by atoms with van der Waals surface area (Å²) in [6.45, 7) is 4.16. The molecule has 0 radical (unpaired) electrons. The SMILES string of the molecule is CC(C)Nc1nc(-c2nccc3ccccc23)ns1. The molecule has 0 amide bonds.